The van der Waals surface area contributed by atoms with Crippen LogP contribution in [0.15, 0.2) is 9.98 Å². The molecule has 0 saturated heterocycles. The lowest BCUT2D eigenvalue weighted by Crippen LogP contribution is -2.26. The number of nitrogens with zero attached hydrogens (tertiary/aromatic N) is 2. The third-order valence-corrected chi connectivity index (χ3v) is 4.86. The first-order chi connectivity index (χ1) is 7.83. The van der Waals surface area contributed by atoms with Gasteiger partial charge in [0, 0.05) is 0 Å². The van der Waals surface area contributed by atoms with E-state index in [4.69, 9.17) is 0 Å². The first-order valence-electron chi connectivity index (χ1n) is 5.97. The molecule has 0 N–H and O–H groups in total. The SMILES string of the molecule is O=C=NC1CC2C3CC(N=C=O)C(C3)C2C1. The van der Waals surface area contributed by atoms with Gasteiger partial charge in [0.1, 0.15) is 0 Å². The molecular formula is C12H14N2O2. The molecule has 0 amide bonds. The lowest BCUT2D eigenvalue weighted by molar-refractivity contribution is 0.234. The first-order valence-corrected chi connectivity index (χ1v) is 5.97. The van der Waals surface area contributed by atoms with Gasteiger partial charge in [-0.25, -0.2) is 19.6 Å². The minimum absolute atomic E-state index is 0.178. The van der Waals surface area contributed by atoms with Gasteiger partial charge >= 0.3 is 0 Å². The number of rotatable bonds is 2. The van der Waals surface area contributed by atoms with E-state index in [1.807, 2.05) is 0 Å². The van der Waals surface area contributed by atoms with Gasteiger partial charge in [-0.1, -0.05) is 0 Å². The Morgan fingerprint density at radius 1 is 0.812 bits per heavy atom. The molecule has 0 aliphatic heterocycles. The van der Waals surface area contributed by atoms with Crippen molar-refractivity contribution in [3.8, 4) is 0 Å². The van der Waals surface area contributed by atoms with Crippen molar-refractivity contribution in [2.75, 3.05) is 0 Å². The summed E-state index contributed by atoms with van der Waals surface area (Å²) < 4.78 is 0. The Hall–Kier alpha value is -1.24. The monoisotopic (exact) mass is 218 g/mol. The maximum atomic E-state index is 10.3. The zero-order valence-corrected chi connectivity index (χ0v) is 9.00. The maximum Gasteiger partial charge on any atom is 0.235 e. The Labute approximate surface area is 93.8 Å². The smallest absolute Gasteiger partial charge is 0.211 e. The standard InChI is InChI=1S/C12H14N2O2/c15-5-13-8-3-9-7-1-11(10(9)4-8)12(2-7)14-6-16/h7-12H,1-4H2. The Bertz CT molecular complexity index is 396. The molecule has 0 aromatic heterocycles. The predicted octanol–water partition coefficient (Wildman–Crippen LogP) is 1.46. The molecule has 3 fully saturated rings. The number of fused-ring (bicyclic) bond motifs is 5. The highest BCUT2D eigenvalue weighted by Gasteiger charge is 2.56. The lowest BCUT2D eigenvalue weighted by Gasteiger charge is -2.27. The molecule has 6 atom stereocenters. The van der Waals surface area contributed by atoms with E-state index in [1.54, 1.807) is 12.2 Å². The van der Waals surface area contributed by atoms with Crippen LogP contribution in [-0.4, -0.2) is 24.2 Å². The number of aliphatic imine (C=N–C) groups is 2. The fraction of sp³-hybridized carbons (Fsp3) is 0.833. The van der Waals surface area contributed by atoms with Gasteiger partial charge in [-0.2, -0.15) is 0 Å². The Kier molecular flexibility index (Phi) is 2.27. The van der Waals surface area contributed by atoms with Crippen LogP contribution in [0.25, 0.3) is 0 Å². The number of hydrogen-bond donors (Lipinski definition) is 0. The van der Waals surface area contributed by atoms with Gasteiger partial charge in [0.15, 0.2) is 0 Å². The largest absolute Gasteiger partial charge is 0.235 e. The fourth-order valence-electron chi connectivity index (χ4n) is 4.40. The van der Waals surface area contributed by atoms with Crippen LogP contribution in [-0.2, 0) is 9.59 Å². The van der Waals surface area contributed by atoms with Crippen molar-refractivity contribution in [1.82, 2.24) is 0 Å². The van der Waals surface area contributed by atoms with Crippen LogP contribution < -0.4 is 0 Å². The average molecular weight is 218 g/mol. The summed E-state index contributed by atoms with van der Waals surface area (Å²) >= 11 is 0. The molecule has 4 heteroatoms. The summed E-state index contributed by atoms with van der Waals surface area (Å²) in [6.45, 7) is 0. The van der Waals surface area contributed by atoms with Crippen LogP contribution >= 0.6 is 0 Å². The van der Waals surface area contributed by atoms with E-state index in [-0.39, 0.29) is 12.1 Å². The van der Waals surface area contributed by atoms with Gasteiger partial charge in [-0.05, 0) is 49.4 Å². The van der Waals surface area contributed by atoms with Gasteiger partial charge in [0.05, 0.1) is 12.1 Å². The molecule has 3 aliphatic carbocycles. The van der Waals surface area contributed by atoms with Crippen molar-refractivity contribution in [3.63, 3.8) is 0 Å². The minimum atomic E-state index is 0.178. The van der Waals surface area contributed by atoms with Crippen LogP contribution in [0.4, 0.5) is 0 Å². The third kappa shape index (κ3) is 1.31. The van der Waals surface area contributed by atoms with Crippen molar-refractivity contribution in [2.24, 2.45) is 33.7 Å². The minimum Gasteiger partial charge on any atom is -0.211 e. The van der Waals surface area contributed by atoms with Crippen molar-refractivity contribution in [1.29, 1.82) is 0 Å². The zero-order chi connectivity index (χ0) is 11.1. The summed E-state index contributed by atoms with van der Waals surface area (Å²) in [5, 5.41) is 0. The average Bonchev–Trinajstić information content (AvgIpc) is 2.88. The highest BCUT2D eigenvalue weighted by molar-refractivity contribution is 5.35. The highest BCUT2D eigenvalue weighted by Crippen LogP contribution is 2.59. The summed E-state index contributed by atoms with van der Waals surface area (Å²) in [6, 6.07) is 0.375. The van der Waals surface area contributed by atoms with Gasteiger partial charge in [-0.3, -0.25) is 0 Å². The lowest BCUT2D eigenvalue weighted by atomic mass is 9.79. The highest BCUT2D eigenvalue weighted by atomic mass is 16.1. The van der Waals surface area contributed by atoms with Crippen LogP contribution in [0.3, 0.4) is 0 Å². The van der Waals surface area contributed by atoms with E-state index in [0.29, 0.717) is 23.7 Å². The van der Waals surface area contributed by atoms with Gasteiger partial charge in [0.2, 0.25) is 12.2 Å². The Balaban J connectivity index is 1.78. The third-order valence-electron chi connectivity index (χ3n) is 4.86. The molecule has 4 nitrogen and oxygen atoms in total. The molecule has 0 aromatic carbocycles. The molecule has 0 radical (unpaired) electrons. The van der Waals surface area contributed by atoms with E-state index in [2.05, 4.69) is 9.98 Å². The number of carbonyl (C=O) groups excluding carboxylic acids is 2. The second-order valence-electron chi connectivity index (χ2n) is 5.36. The number of hydrogen-bond acceptors (Lipinski definition) is 4. The molecule has 6 unspecified atom stereocenters. The molecule has 84 valence electrons. The van der Waals surface area contributed by atoms with E-state index < -0.39 is 0 Å². The molecule has 3 rings (SSSR count). The van der Waals surface area contributed by atoms with Crippen LogP contribution in [0.1, 0.15) is 25.7 Å². The summed E-state index contributed by atoms with van der Waals surface area (Å²) in [6.07, 6.45) is 7.66. The van der Waals surface area contributed by atoms with Gasteiger partial charge < -0.3 is 0 Å². The van der Waals surface area contributed by atoms with Crippen molar-refractivity contribution < 1.29 is 9.59 Å². The molecule has 16 heavy (non-hydrogen) atoms. The molecule has 0 heterocycles. The van der Waals surface area contributed by atoms with E-state index in [9.17, 15) is 9.59 Å². The summed E-state index contributed by atoms with van der Waals surface area (Å²) in [7, 11) is 0. The first kappa shape index (κ1) is 9.95. The maximum absolute atomic E-state index is 10.3. The molecule has 2 bridgehead atoms. The summed E-state index contributed by atoms with van der Waals surface area (Å²) in [5.74, 6) is 2.58. The van der Waals surface area contributed by atoms with Crippen molar-refractivity contribution in [2.45, 2.75) is 37.8 Å². The second kappa shape index (κ2) is 3.65. The molecule has 0 spiro atoms. The molecule has 3 saturated carbocycles. The van der Waals surface area contributed by atoms with Crippen LogP contribution in [0, 0.1) is 23.7 Å². The Morgan fingerprint density at radius 2 is 1.56 bits per heavy atom. The quantitative estimate of drug-likeness (QED) is 0.520. The van der Waals surface area contributed by atoms with Crippen LogP contribution in [0.5, 0.6) is 0 Å². The number of isocyanates is 2. The summed E-state index contributed by atoms with van der Waals surface area (Å²) in [5.41, 5.74) is 0. The van der Waals surface area contributed by atoms with Gasteiger partial charge in [0.25, 0.3) is 0 Å². The van der Waals surface area contributed by atoms with Crippen LogP contribution in [0.2, 0.25) is 0 Å². The topological polar surface area (TPSA) is 58.9 Å². The normalized spacial score (nSPS) is 48.2. The second-order valence-corrected chi connectivity index (χ2v) is 5.36. The van der Waals surface area contributed by atoms with E-state index in [1.165, 1.54) is 6.42 Å². The van der Waals surface area contributed by atoms with Crippen molar-refractivity contribution >= 4 is 12.2 Å². The summed E-state index contributed by atoms with van der Waals surface area (Å²) in [4.78, 5) is 28.4. The van der Waals surface area contributed by atoms with E-state index in [0.717, 1.165) is 19.3 Å². The van der Waals surface area contributed by atoms with Crippen molar-refractivity contribution in [3.05, 3.63) is 0 Å². The zero-order valence-electron chi connectivity index (χ0n) is 9.00. The van der Waals surface area contributed by atoms with Gasteiger partial charge in [-0.15, -0.1) is 0 Å². The molecule has 3 aliphatic rings. The molecular weight excluding hydrogens is 204 g/mol. The Morgan fingerprint density at radius 3 is 2.31 bits per heavy atom. The molecule has 0 aromatic rings. The predicted molar refractivity (Wildman–Crippen MR) is 56.2 cm³/mol. The fourth-order valence-corrected chi connectivity index (χ4v) is 4.40. The van der Waals surface area contributed by atoms with E-state index >= 15 is 0 Å².